The maximum atomic E-state index is 13.7. The largest absolute Gasteiger partial charge is 0.489 e. The van der Waals surface area contributed by atoms with Crippen molar-refractivity contribution in [3.05, 3.63) is 94.5 Å². The molecule has 0 heterocycles. The van der Waals surface area contributed by atoms with Crippen LogP contribution < -0.4 is 10.1 Å². The molecule has 0 fully saturated rings. The van der Waals surface area contributed by atoms with Crippen LogP contribution in [0.3, 0.4) is 0 Å². The Balaban J connectivity index is 1.70. The first-order valence-corrected chi connectivity index (χ1v) is 8.13. The Morgan fingerprint density at radius 2 is 1.81 bits per heavy atom. The number of carbonyl (C=O) groups is 1. The van der Waals surface area contributed by atoms with Gasteiger partial charge in [-0.3, -0.25) is 4.79 Å². The van der Waals surface area contributed by atoms with Crippen LogP contribution >= 0.6 is 11.6 Å². The third-order valence-electron chi connectivity index (χ3n) is 3.63. The molecule has 0 aliphatic carbocycles. The van der Waals surface area contributed by atoms with Gasteiger partial charge in [0, 0.05) is 22.2 Å². The lowest BCUT2D eigenvalue weighted by Gasteiger charge is -2.10. The first-order chi connectivity index (χ1) is 12.5. The van der Waals surface area contributed by atoms with Crippen LogP contribution in [0.4, 0.5) is 14.5 Å². The molecule has 132 valence electrons. The topological polar surface area (TPSA) is 38.3 Å². The zero-order valence-corrected chi connectivity index (χ0v) is 14.3. The number of anilines is 1. The lowest BCUT2D eigenvalue weighted by Crippen LogP contribution is -2.13. The van der Waals surface area contributed by atoms with E-state index in [9.17, 15) is 13.6 Å². The van der Waals surface area contributed by atoms with E-state index >= 15 is 0 Å². The molecule has 0 spiro atoms. The van der Waals surface area contributed by atoms with E-state index in [4.69, 9.17) is 16.3 Å². The van der Waals surface area contributed by atoms with Gasteiger partial charge in [-0.15, -0.1) is 0 Å². The number of amides is 1. The highest BCUT2D eigenvalue weighted by Crippen LogP contribution is 2.21. The van der Waals surface area contributed by atoms with Gasteiger partial charge >= 0.3 is 0 Å². The van der Waals surface area contributed by atoms with Crippen molar-refractivity contribution in [1.29, 1.82) is 0 Å². The van der Waals surface area contributed by atoms with Crippen molar-refractivity contribution < 1.29 is 18.3 Å². The van der Waals surface area contributed by atoms with Gasteiger partial charge in [0.05, 0.1) is 5.69 Å². The fourth-order valence-corrected chi connectivity index (χ4v) is 2.48. The third kappa shape index (κ3) is 4.37. The normalized spacial score (nSPS) is 10.4. The second-order valence-electron chi connectivity index (χ2n) is 5.49. The van der Waals surface area contributed by atoms with Crippen molar-refractivity contribution in [2.24, 2.45) is 0 Å². The molecule has 3 nitrogen and oxygen atoms in total. The molecule has 0 radical (unpaired) electrons. The summed E-state index contributed by atoms with van der Waals surface area (Å²) >= 11 is 6.08. The van der Waals surface area contributed by atoms with Crippen LogP contribution in [0.25, 0.3) is 0 Å². The van der Waals surface area contributed by atoms with Crippen LogP contribution in [0, 0.1) is 11.6 Å². The predicted molar refractivity (Wildman–Crippen MR) is 96.5 cm³/mol. The molecular formula is C20H14ClF2NO2. The summed E-state index contributed by atoms with van der Waals surface area (Å²) in [5, 5.41) is 3.00. The minimum atomic E-state index is -0.843. The molecule has 0 unspecified atom stereocenters. The second kappa shape index (κ2) is 7.97. The highest BCUT2D eigenvalue weighted by atomic mass is 35.5. The summed E-state index contributed by atoms with van der Waals surface area (Å²) in [7, 11) is 0. The molecule has 26 heavy (non-hydrogen) atoms. The molecule has 0 aliphatic rings. The molecule has 0 atom stereocenters. The average Bonchev–Trinajstić information content (AvgIpc) is 2.63. The maximum absolute atomic E-state index is 13.7. The van der Waals surface area contributed by atoms with E-state index in [-0.39, 0.29) is 17.9 Å². The maximum Gasteiger partial charge on any atom is 0.255 e. The molecule has 0 saturated carbocycles. The number of rotatable bonds is 5. The summed E-state index contributed by atoms with van der Waals surface area (Å²) in [6.45, 7) is 0.247. The Bertz CT molecular complexity index is 947. The quantitative estimate of drug-likeness (QED) is 0.645. The number of nitrogens with one attached hydrogen (secondary N) is 1. The number of hydrogen-bond donors (Lipinski definition) is 1. The number of halogens is 3. The molecule has 0 aromatic heterocycles. The predicted octanol–water partition coefficient (Wildman–Crippen LogP) is 5.45. The van der Waals surface area contributed by atoms with Gasteiger partial charge in [0.25, 0.3) is 5.91 Å². The SMILES string of the molecule is O=C(Nc1ccc(F)cc1F)c1cccc(OCc2ccccc2Cl)c1. The van der Waals surface area contributed by atoms with E-state index in [0.717, 1.165) is 11.6 Å². The molecule has 0 bridgehead atoms. The fourth-order valence-electron chi connectivity index (χ4n) is 2.29. The average molecular weight is 374 g/mol. The Hall–Kier alpha value is -2.92. The zero-order chi connectivity index (χ0) is 18.5. The molecule has 0 saturated heterocycles. The smallest absolute Gasteiger partial charge is 0.255 e. The van der Waals surface area contributed by atoms with Crippen molar-refractivity contribution in [2.75, 3.05) is 5.32 Å². The Kier molecular flexibility index (Phi) is 5.49. The summed E-state index contributed by atoms with van der Waals surface area (Å²) in [6.07, 6.45) is 0. The van der Waals surface area contributed by atoms with E-state index in [0.29, 0.717) is 16.8 Å². The third-order valence-corrected chi connectivity index (χ3v) is 4.00. The van der Waals surface area contributed by atoms with E-state index < -0.39 is 17.5 Å². The van der Waals surface area contributed by atoms with Gasteiger partial charge in [0.15, 0.2) is 0 Å². The zero-order valence-electron chi connectivity index (χ0n) is 13.5. The molecular weight excluding hydrogens is 360 g/mol. The molecule has 3 rings (SSSR count). The van der Waals surface area contributed by atoms with Gasteiger partial charge in [-0.25, -0.2) is 8.78 Å². The van der Waals surface area contributed by atoms with E-state index in [1.807, 2.05) is 18.2 Å². The first kappa shape index (κ1) is 17.9. The summed E-state index contributed by atoms with van der Waals surface area (Å²) in [5.74, 6) is -1.62. The molecule has 1 amide bonds. The number of carbonyl (C=O) groups excluding carboxylic acids is 1. The Morgan fingerprint density at radius 1 is 1.00 bits per heavy atom. The van der Waals surface area contributed by atoms with Crippen molar-refractivity contribution in [3.8, 4) is 5.75 Å². The second-order valence-corrected chi connectivity index (χ2v) is 5.89. The van der Waals surface area contributed by atoms with Crippen LogP contribution in [0.2, 0.25) is 5.02 Å². The van der Waals surface area contributed by atoms with Crippen molar-refractivity contribution in [2.45, 2.75) is 6.61 Å². The van der Waals surface area contributed by atoms with Gasteiger partial charge in [0.1, 0.15) is 24.0 Å². The number of benzene rings is 3. The minimum absolute atomic E-state index is 0.0983. The molecule has 6 heteroatoms. The van der Waals surface area contributed by atoms with Crippen molar-refractivity contribution >= 4 is 23.2 Å². The summed E-state index contributed by atoms with van der Waals surface area (Å²) in [4.78, 5) is 12.3. The van der Waals surface area contributed by atoms with Gasteiger partial charge in [-0.05, 0) is 36.4 Å². The summed E-state index contributed by atoms with van der Waals surface area (Å²) < 4.78 is 32.3. The standard InChI is InChI=1S/C20H14ClF2NO2/c21-17-7-2-1-4-14(17)12-26-16-6-3-5-13(10-16)20(25)24-19-9-8-15(22)11-18(19)23/h1-11H,12H2,(H,24,25). The van der Waals surface area contributed by atoms with Gasteiger partial charge < -0.3 is 10.1 Å². The molecule has 1 N–H and O–H groups in total. The number of ether oxygens (including phenoxy) is 1. The van der Waals surface area contributed by atoms with Crippen LogP contribution in [0.15, 0.2) is 66.7 Å². The Labute approximate surface area is 154 Å². The highest BCUT2D eigenvalue weighted by molar-refractivity contribution is 6.31. The van der Waals surface area contributed by atoms with Crippen LogP contribution in [0.5, 0.6) is 5.75 Å². The van der Waals surface area contributed by atoms with Crippen LogP contribution in [0.1, 0.15) is 15.9 Å². The van der Waals surface area contributed by atoms with Gasteiger partial charge in [0.2, 0.25) is 0 Å². The van der Waals surface area contributed by atoms with Crippen molar-refractivity contribution in [1.82, 2.24) is 0 Å². The van der Waals surface area contributed by atoms with Crippen LogP contribution in [-0.2, 0) is 6.61 Å². The lowest BCUT2D eigenvalue weighted by atomic mass is 10.2. The first-order valence-electron chi connectivity index (χ1n) is 7.75. The summed E-state index contributed by atoms with van der Waals surface area (Å²) in [6, 6.07) is 16.7. The van der Waals surface area contributed by atoms with Gasteiger partial charge in [-0.2, -0.15) is 0 Å². The molecule has 0 aliphatic heterocycles. The van der Waals surface area contributed by atoms with E-state index in [1.165, 1.54) is 12.1 Å². The van der Waals surface area contributed by atoms with Crippen molar-refractivity contribution in [3.63, 3.8) is 0 Å². The van der Waals surface area contributed by atoms with E-state index in [2.05, 4.69) is 5.32 Å². The minimum Gasteiger partial charge on any atom is -0.489 e. The lowest BCUT2D eigenvalue weighted by molar-refractivity contribution is 0.102. The monoisotopic (exact) mass is 373 g/mol. The molecule has 3 aromatic rings. The van der Waals surface area contributed by atoms with Gasteiger partial charge in [-0.1, -0.05) is 35.9 Å². The Morgan fingerprint density at radius 3 is 2.58 bits per heavy atom. The highest BCUT2D eigenvalue weighted by Gasteiger charge is 2.11. The van der Waals surface area contributed by atoms with E-state index in [1.54, 1.807) is 24.3 Å². The fraction of sp³-hybridized carbons (Fsp3) is 0.0500. The molecule has 3 aromatic carbocycles. The summed E-state index contributed by atoms with van der Waals surface area (Å²) in [5.41, 5.74) is 1.00. The van der Waals surface area contributed by atoms with Crippen LogP contribution in [-0.4, -0.2) is 5.91 Å². The number of hydrogen-bond acceptors (Lipinski definition) is 2.